The molecule has 142 valence electrons. The van der Waals surface area contributed by atoms with E-state index in [1.165, 1.54) is 37.1 Å². The van der Waals surface area contributed by atoms with Crippen LogP contribution in [0.15, 0.2) is 28.1 Å². The lowest BCUT2D eigenvalue weighted by Crippen LogP contribution is -2.29. The minimum atomic E-state index is -4.40. The second kappa shape index (κ2) is 10.6. The molecule has 0 radical (unpaired) electrons. The number of thioether (sulfide) groups is 1. The molecule has 7 heteroatoms. The maximum atomic E-state index is 13.3. The summed E-state index contributed by atoms with van der Waals surface area (Å²) in [6, 6.07) is 4.14. The van der Waals surface area contributed by atoms with Gasteiger partial charge in [0, 0.05) is 19.0 Å². The highest BCUT2D eigenvalue weighted by atomic mass is 32.2. The number of rotatable bonds is 9. The van der Waals surface area contributed by atoms with Crippen molar-refractivity contribution in [3.05, 3.63) is 23.8 Å². The Morgan fingerprint density at radius 2 is 1.76 bits per heavy atom. The molecule has 0 bridgehead atoms. The van der Waals surface area contributed by atoms with Gasteiger partial charge in [-0.2, -0.15) is 13.2 Å². The zero-order valence-electron chi connectivity index (χ0n) is 15.2. The van der Waals surface area contributed by atoms with Gasteiger partial charge in [0.1, 0.15) is 0 Å². The molecule has 1 rings (SSSR count). The summed E-state index contributed by atoms with van der Waals surface area (Å²) < 4.78 is 40.0. The summed E-state index contributed by atoms with van der Waals surface area (Å²) in [5, 5.41) is 0. The lowest BCUT2D eigenvalue weighted by Gasteiger charge is -2.14. The van der Waals surface area contributed by atoms with Crippen LogP contribution in [0.4, 0.5) is 18.9 Å². The first-order valence-electron chi connectivity index (χ1n) is 8.61. The number of guanidine groups is 1. The molecular weight excluding hydrogens is 347 g/mol. The summed E-state index contributed by atoms with van der Waals surface area (Å²) in [6.45, 7) is 2.16. The standard InChI is InChI=1S/C18H28F3N3S/c1-4-5-6-7-8-9-12-25-16-11-10-14(23-17(22)24(2)3)13-15(16)18(19,20)21/h10-11,13H,4-9,12H2,1-3H3,(H2,22,23). The van der Waals surface area contributed by atoms with Gasteiger partial charge in [0.05, 0.1) is 11.3 Å². The van der Waals surface area contributed by atoms with Crippen molar-refractivity contribution >= 4 is 23.4 Å². The van der Waals surface area contributed by atoms with Crippen LogP contribution in [-0.2, 0) is 6.18 Å². The van der Waals surface area contributed by atoms with Crippen LogP contribution >= 0.6 is 11.8 Å². The van der Waals surface area contributed by atoms with Gasteiger partial charge in [0.15, 0.2) is 5.96 Å². The van der Waals surface area contributed by atoms with Gasteiger partial charge in [-0.05, 0) is 30.4 Å². The predicted octanol–water partition coefficient (Wildman–Crippen LogP) is 5.67. The Labute approximate surface area is 152 Å². The maximum absolute atomic E-state index is 13.3. The molecule has 0 aliphatic rings. The minimum absolute atomic E-state index is 0.167. The number of hydrogen-bond donors (Lipinski definition) is 1. The van der Waals surface area contributed by atoms with E-state index in [0.29, 0.717) is 5.75 Å². The molecule has 2 N–H and O–H groups in total. The van der Waals surface area contributed by atoms with E-state index in [0.717, 1.165) is 25.3 Å². The molecule has 3 nitrogen and oxygen atoms in total. The Bertz CT molecular complexity index is 557. The van der Waals surface area contributed by atoms with Crippen molar-refractivity contribution in [2.24, 2.45) is 10.7 Å². The molecule has 1 aromatic carbocycles. The van der Waals surface area contributed by atoms with Gasteiger partial charge in [-0.25, -0.2) is 4.99 Å². The minimum Gasteiger partial charge on any atom is -0.370 e. The molecule has 0 aliphatic carbocycles. The number of benzene rings is 1. The van der Waals surface area contributed by atoms with Crippen molar-refractivity contribution < 1.29 is 13.2 Å². The van der Waals surface area contributed by atoms with Gasteiger partial charge in [-0.15, -0.1) is 11.8 Å². The largest absolute Gasteiger partial charge is 0.417 e. The third-order valence-electron chi connectivity index (χ3n) is 3.73. The summed E-state index contributed by atoms with van der Waals surface area (Å²) in [5.41, 5.74) is 5.25. The highest BCUT2D eigenvalue weighted by Gasteiger charge is 2.33. The fourth-order valence-electron chi connectivity index (χ4n) is 2.23. The van der Waals surface area contributed by atoms with Crippen molar-refractivity contribution in [3.63, 3.8) is 0 Å². The Morgan fingerprint density at radius 1 is 1.12 bits per heavy atom. The average Bonchev–Trinajstić information content (AvgIpc) is 2.54. The first-order valence-corrected chi connectivity index (χ1v) is 9.59. The van der Waals surface area contributed by atoms with E-state index in [1.807, 2.05) is 0 Å². The second-order valence-corrected chi connectivity index (χ2v) is 7.30. The number of halogens is 3. The Hall–Kier alpha value is -1.37. The fourth-order valence-corrected chi connectivity index (χ4v) is 3.29. The average molecular weight is 376 g/mol. The molecule has 0 spiro atoms. The quantitative estimate of drug-likeness (QED) is 0.262. The van der Waals surface area contributed by atoms with Crippen LogP contribution in [0.5, 0.6) is 0 Å². The molecule has 0 saturated heterocycles. The van der Waals surface area contributed by atoms with E-state index in [4.69, 9.17) is 5.73 Å². The topological polar surface area (TPSA) is 41.6 Å². The first-order chi connectivity index (χ1) is 11.8. The van der Waals surface area contributed by atoms with Crippen LogP contribution < -0.4 is 5.73 Å². The summed E-state index contributed by atoms with van der Waals surface area (Å²) in [7, 11) is 3.38. The first kappa shape index (κ1) is 21.7. The summed E-state index contributed by atoms with van der Waals surface area (Å²) in [4.78, 5) is 5.83. The molecule has 25 heavy (non-hydrogen) atoms. The monoisotopic (exact) mass is 375 g/mol. The number of nitrogens with two attached hydrogens (primary N) is 1. The zero-order valence-corrected chi connectivity index (χ0v) is 16.0. The molecule has 0 aromatic heterocycles. The van der Waals surface area contributed by atoms with Crippen molar-refractivity contribution in [3.8, 4) is 0 Å². The molecule has 0 amide bonds. The maximum Gasteiger partial charge on any atom is 0.417 e. The van der Waals surface area contributed by atoms with Gasteiger partial charge in [0.2, 0.25) is 0 Å². The van der Waals surface area contributed by atoms with Gasteiger partial charge >= 0.3 is 6.18 Å². The number of unbranched alkanes of at least 4 members (excludes halogenated alkanes) is 5. The fraction of sp³-hybridized carbons (Fsp3) is 0.611. The third kappa shape index (κ3) is 8.03. The molecule has 1 aromatic rings. The number of aliphatic imine (C=N–C) groups is 1. The van der Waals surface area contributed by atoms with Gasteiger partial charge < -0.3 is 10.6 Å². The number of hydrogen-bond acceptors (Lipinski definition) is 2. The zero-order chi connectivity index (χ0) is 18.9. The number of alkyl halides is 3. The van der Waals surface area contributed by atoms with Crippen molar-refractivity contribution in [1.82, 2.24) is 4.90 Å². The van der Waals surface area contributed by atoms with Crippen LogP contribution in [0.3, 0.4) is 0 Å². The van der Waals surface area contributed by atoms with E-state index in [-0.39, 0.29) is 16.5 Å². The molecule has 0 atom stereocenters. The molecule has 0 saturated carbocycles. The smallest absolute Gasteiger partial charge is 0.370 e. The van der Waals surface area contributed by atoms with Gasteiger partial charge in [0.25, 0.3) is 0 Å². The van der Waals surface area contributed by atoms with Crippen molar-refractivity contribution in [1.29, 1.82) is 0 Å². The third-order valence-corrected chi connectivity index (χ3v) is 4.89. The van der Waals surface area contributed by atoms with Crippen molar-refractivity contribution in [2.75, 3.05) is 19.8 Å². The molecule has 0 fully saturated rings. The Balaban J connectivity index is 2.74. The van der Waals surface area contributed by atoms with E-state index < -0.39 is 11.7 Å². The lowest BCUT2D eigenvalue weighted by atomic mass is 10.1. The van der Waals surface area contributed by atoms with Crippen LogP contribution in [0.25, 0.3) is 0 Å². The van der Waals surface area contributed by atoms with E-state index >= 15 is 0 Å². The number of nitrogens with zero attached hydrogens (tertiary/aromatic N) is 2. The van der Waals surface area contributed by atoms with Crippen LogP contribution in [-0.4, -0.2) is 30.7 Å². The summed E-state index contributed by atoms with van der Waals surface area (Å²) >= 11 is 1.26. The van der Waals surface area contributed by atoms with E-state index in [2.05, 4.69) is 11.9 Å². The molecule has 0 unspecified atom stereocenters. The van der Waals surface area contributed by atoms with Crippen molar-refractivity contribution in [2.45, 2.75) is 56.5 Å². The molecule has 0 aliphatic heterocycles. The normalized spacial score (nSPS) is 12.5. The van der Waals surface area contributed by atoms with Crippen LogP contribution in [0.1, 0.15) is 51.0 Å². The second-order valence-electron chi connectivity index (χ2n) is 6.16. The molecular formula is C18H28F3N3S. The highest BCUT2D eigenvalue weighted by molar-refractivity contribution is 7.99. The predicted molar refractivity (Wildman–Crippen MR) is 101 cm³/mol. The SMILES string of the molecule is CCCCCCCCSc1ccc(N=C(N)N(C)C)cc1C(F)(F)F. The van der Waals surface area contributed by atoms with Crippen LogP contribution in [0, 0.1) is 0 Å². The summed E-state index contributed by atoms with van der Waals surface area (Å²) in [5.74, 6) is 0.859. The highest BCUT2D eigenvalue weighted by Crippen LogP contribution is 2.39. The van der Waals surface area contributed by atoms with Gasteiger partial charge in [-0.3, -0.25) is 0 Å². The Morgan fingerprint density at radius 3 is 2.36 bits per heavy atom. The van der Waals surface area contributed by atoms with E-state index in [9.17, 15) is 13.2 Å². The lowest BCUT2D eigenvalue weighted by molar-refractivity contribution is -0.139. The molecule has 0 heterocycles. The Kier molecular flexibility index (Phi) is 9.17. The van der Waals surface area contributed by atoms with E-state index in [1.54, 1.807) is 25.1 Å². The van der Waals surface area contributed by atoms with Crippen LogP contribution in [0.2, 0.25) is 0 Å². The van der Waals surface area contributed by atoms with Gasteiger partial charge in [-0.1, -0.05) is 39.0 Å². The summed E-state index contributed by atoms with van der Waals surface area (Å²) in [6.07, 6.45) is 2.37.